The van der Waals surface area contributed by atoms with Gasteiger partial charge in [0.15, 0.2) is 6.10 Å². The maximum absolute atomic E-state index is 12.9. The first-order chi connectivity index (χ1) is 36.5. The Hall–Kier alpha value is -2.89. The van der Waals surface area contributed by atoms with Crippen molar-refractivity contribution in [3.63, 3.8) is 0 Å². The molecule has 74 heavy (non-hydrogen) atoms. The minimum absolute atomic E-state index is 0.0860. The molecule has 0 saturated carbocycles. The lowest BCUT2D eigenvalue weighted by Gasteiger charge is -2.18. The molecule has 0 aliphatic heterocycles. The van der Waals surface area contributed by atoms with Gasteiger partial charge in [0.25, 0.3) is 0 Å². The van der Waals surface area contributed by atoms with Crippen molar-refractivity contribution in [2.45, 2.75) is 341 Å². The first-order valence-electron chi connectivity index (χ1n) is 32.3. The summed E-state index contributed by atoms with van der Waals surface area (Å²) in [7, 11) is 0. The molecule has 0 fully saturated rings. The number of hydrogen-bond acceptors (Lipinski definition) is 6. The van der Waals surface area contributed by atoms with Crippen molar-refractivity contribution in [2.24, 2.45) is 0 Å². The van der Waals surface area contributed by atoms with E-state index in [2.05, 4.69) is 81.5 Å². The number of allylic oxidation sites excluding steroid dienone is 10. The average molecular weight is 1040 g/mol. The highest BCUT2D eigenvalue weighted by Crippen LogP contribution is 2.17. The van der Waals surface area contributed by atoms with Gasteiger partial charge in [0.2, 0.25) is 0 Å². The first kappa shape index (κ1) is 71.1. The van der Waals surface area contributed by atoms with E-state index >= 15 is 0 Å². The molecule has 0 radical (unpaired) electrons. The van der Waals surface area contributed by atoms with Crippen molar-refractivity contribution in [1.82, 2.24) is 0 Å². The normalized spacial score (nSPS) is 12.4. The predicted molar refractivity (Wildman–Crippen MR) is 321 cm³/mol. The second-order valence-corrected chi connectivity index (χ2v) is 21.6. The van der Waals surface area contributed by atoms with Crippen LogP contribution < -0.4 is 0 Å². The van der Waals surface area contributed by atoms with Gasteiger partial charge in [-0.25, -0.2) is 0 Å². The predicted octanol–water partition coefficient (Wildman–Crippen LogP) is 21.9. The first-order valence-corrected chi connectivity index (χ1v) is 32.3. The largest absolute Gasteiger partial charge is 0.462 e. The molecule has 0 saturated heterocycles. The summed E-state index contributed by atoms with van der Waals surface area (Å²) in [6, 6.07) is 0. The molecule has 0 heterocycles. The lowest BCUT2D eigenvalue weighted by Crippen LogP contribution is -2.30. The summed E-state index contributed by atoms with van der Waals surface area (Å²) in [5.74, 6) is -0.916. The highest BCUT2D eigenvalue weighted by Gasteiger charge is 2.19. The molecule has 0 amide bonds. The molecule has 0 aromatic heterocycles. The molecule has 1 unspecified atom stereocenters. The maximum atomic E-state index is 12.9. The van der Waals surface area contributed by atoms with Crippen molar-refractivity contribution >= 4 is 17.9 Å². The molecule has 6 heteroatoms. The molecule has 0 N–H and O–H groups in total. The summed E-state index contributed by atoms with van der Waals surface area (Å²) in [5.41, 5.74) is 0. The fourth-order valence-corrected chi connectivity index (χ4v) is 9.43. The molecule has 1 atom stereocenters. The van der Waals surface area contributed by atoms with Crippen LogP contribution in [0.3, 0.4) is 0 Å². The Morgan fingerprint density at radius 3 is 0.865 bits per heavy atom. The molecule has 0 aromatic carbocycles. The Labute approximate surface area is 460 Å². The van der Waals surface area contributed by atoms with Gasteiger partial charge >= 0.3 is 17.9 Å². The van der Waals surface area contributed by atoms with Crippen molar-refractivity contribution in [2.75, 3.05) is 13.2 Å². The van der Waals surface area contributed by atoms with Gasteiger partial charge < -0.3 is 14.2 Å². The van der Waals surface area contributed by atoms with Gasteiger partial charge in [-0.2, -0.15) is 0 Å². The zero-order valence-corrected chi connectivity index (χ0v) is 49.4. The van der Waals surface area contributed by atoms with Gasteiger partial charge in [0.1, 0.15) is 13.2 Å². The van der Waals surface area contributed by atoms with Crippen LogP contribution in [0.1, 0.15) is 335 Å². The molecule has 0 rings (SSSR count). The van der Waals surface area contributed by atoms with Gasteiger partial charge in [-0.1, -0.05) is 293 Å². The van der Waals surface area contributed by atoms with Gasteiger partial charge in [0, 0.05) is 19.3 Å². The monoisotopic (exact) mass is 1030 g/mol. The highest BCUT2D eigenvalue weighted by atomic mass is 16.6. The van der Waals surface area contributed by atoms with Crippen LogP contribution in [0.4, 0.5) is 0 Å². The number of carbonyl (C=O) groups excluding carboxylic acids is 3. The number of hydrogen-bond donors (Lipinski definition) is 0. The van der Waals surface area contributed by atoms with Crippen LogP contribution in [-0.4, -0.2) is 37.2 Å². The number of unbranched alkanes of at least 4 members (excludes halogenated alkanes) is 38. The molecule has 6 nitrogen and oxygen atoms in total. The summed E-state index contributed by atoms with van der Waals surface area (Å²) < 4.78 is 16.9. The summed E-state index contributed by atoms with van der Waals surface area (Å²) in [4.78, 5) is 38.3. The van der Waals surface area contributed by atoms with Crippen LogP contribution in [0, 0.1) is 0 Å². The van der Waals surface area contributed by atoms with Crippen molar-refractivity contribution < 1.29 is 28.6 Å². The second-order valence-electron chi connectivity index (χ2n) is 21.6. The van der Waals surface area contributed by atoms with Crippen LogP contribution in [-0.2, 0) is 28.6 Å². The molecule has 0 aliphatic rings. The second kappa shape index (κ2) is 62.6. The number of ether oxygens (including phenoxy) is 3. The Kier molecular flexibility index (Phi) is 60.2. The van der Waals surface area contributed by atoms with E-state index in [9.17, 15) is 14.4 Å². The number of esters is 3. The molecule has 0 aliphatic carbocycles. The van der Waals surface area contributed by atoms with Gasteiger partial charge in [-0.15, -0.1) is 0 Å². The number of carbonyl (C=O) groups is 3. The van der Waals surface area contributed by atoms with E-state index in [4.69, 9.17) is 14.2 Å². The fraction of sp³-hybridized carbons (Fsp3) is 0.809. The average Bonchev–Trinajstić information content (AvgIpc) is 3.40. The Morgan fingerprint density at radius 2 is 0.527 bits per heavy atom. The van der Waals surface area contributed by atoms with Crippen LogP contribution in [0.25, 0.3) is 0 Å². The minimum Gasteiger partial charge on any atom is -0.462 e. The van der Waals surface area contributed by atoms with Crippen molar-refractivity contribution in [1.29, 1.82) is 0 Å². The lowest BCUT2D eigenvalue weighted by atomic mass is 10.0. The van der Waals surface area contributed by atoms with Gasteiger partial charge in [-0.3, -0.25) is 14.4 Å². The molecule has 0 bridgehead atoms. The standard InChI is InChI=1S/C68H122O6/c1-4-7-10-13-16-19-22-25-28-30-31-32-33-34-35-36-38-40-43-46-49-52-55-58-61-67(70)73-64-65(63-72-66(69)60-57-54-51-48-45-42-39-27-24-21-18-15-12-9-6-3)74-68(71)62-59-56-53-50-47-44-41-37-29-26-23-20-17-14-11-8-5-2/h9,12,18,21,26-27,29,39,45,48,65H,4-8,10-11,13-17,19-20,22-25,28,30-38,40-44,46-47,49-64H2,1-3H3/b12-9-,21-18-,29-26-,39-27-,48-45-. The van der Waals surface area contributed by atoms with E-state index in [0.29, 0.717) is 19.3 Å². The topological polar surface area (TPSA) is 78.9 Å². The minimum atomic E-state index is -0.793. The Morgan fingerprint density at radius 1 is 0.284 bits per heavy atom. The van der Waals surface area contributed by atoms with Crippen molar-refractivity contribution in [3.8, 4) is 0 Å². The molecule has 430 valence electrons. The molecule has 0 aromatic rings. The Balaban J connectivity index is 4.32. The SMILES string of the molecule is CC/C=C\C/C=C\C/C=C\C/C=C\CCCCC(=O)OCC(COC(=O)CCCCCCCCCCCCCCCCCCCCCCCCCC)OC(=O)CCCCCCCCC/C=C\CCCCCCCC. The van der Waals surface area contributed by atoms with E-state index < -0.39 is 6.10 Å². The van der Waals surface area contributed by atoms with Crippen LogP contribution >= 0.6 is 0 Å². The van der Waals surface area contributed by atoms with Gasteiger partial charge in [-0.05, 0) is 83.5 Å². The number of rotatable bonds is 59. The maximum Gasteiger partial charge on any atom is 0.306 e. The molecule has 0 spiro atoms. The van der Waals surface area contributed by atoms with E-state index in [-0.39, 0.29) is 31.1 Å². The summed E-state index contributed by atoms with van der Waals surface area (Å²) in [5, 5.41) is 0. The molecular formula is C68H122O6. The fourth-order valence-electron chi connectivity index (χ4n) is 9.43. The van der Waals surface area contributed by atoms with Crippen LogP contribution in [0.5, 0.6) is 0 Å². The quantitative estimate of drug-likeness (QED) is 0.0261. The molecular weight excluding hydrogens is 913 g/mol. The zero-order chi connectivity index (χ0) is 53.6. The van der Waals surface area contributed by atoms with Crippen LogP contribution in [0.15, 0.2) is 60.8 Å². The van der Waals surface area contributed by atoms with E-state index in [1.807, 2.05) is 0 Å². The van der Waals surface area contributed by atoms with E-state index in [0.717, 1.165) is 83.5 Å². The third-order valence-corrected chi connectivity index (χ3v) is 14.3. The summed E-state index contributed by atoms with van der Waals surface area (Å²) in [6.45, 7) is 6.53. The lowest BCUT2D eigenvalue weighted by molar-refractivity contribution is -0.167. The summed E-state index contributed by atoms with van der Waals surface area (Å²) >= 11 is 0. The zero-order valence-electron chi connectivity index (χ0n) is 49.4. The third kappa shape index (κ3) is 60.0. The Bertz CT molecular complexity index is 1330. The smallest absolute Gasteiger partial charge is 0.306 e. The van der Waals surface area contributed by atoms with E-state index in [1.54, 1.807) is 0 Å². The summed E-state index contributed by atoms with van der Waals surface area (Å²) in [6.07, 6.45) is 79.5. The third-order valence-electron chi connectivity index (χ3n) is 14.3. The van der Waals surface area contributed by atoms with Gasteiger partial charge in [0.05, 0.1) is 0 Å². The van der Waals surface area contributed by atoms with Crippen LogP contribution in [0.2, 0.25) is 0 Å². The highest BCUT2D eigenvalue weighted by molar-refractivity contribution is 5.71. The van der Waals surface area contributed by atoms with Crippen molar-refractivity contribution in [3.05, 3.63) is 60.8 Å². The van der Waals surface area contributed by atoms with E-state index in [1.165, 1.54) is 212 Å².